The van der Waals surface area contributed by atoms with Crippen molar-refractivity contribution in [2.45, 2.75) is 11.3 Å². The van der Waals surface area contributed by atoms with Gasteiger partial charge in [0.2, 0.25) is 5.88 Å². The molecule has 20 heavy (non-hydrogen) atoms. The fourth-order valence-electron chi connectivity index (χ4n) is 2.07. The Balaban J connectivity index is 2.01. The molecule has 104 valence electrons. The molecule has 6 heteroatoms. The van der Waals surface area contributed by atoms with Crippen LogP contribution in [-0.2, 0) is 6.42 Å². The molecule has 0 fully saturated rings. The molecule has 0 spiro atoms. The van der Waals surface area contributed by atoms with Crippen molar-refractivity contribution >= 4 is 28.1 Å². The molecular weight excluding hydrogens is 290 g/mol. The highest BCUT2D eigenvalue weighted by Crippen LogP contribution is 2.33. The fourth-order valence-corrected chi connectivity index (χ4v) is 3.32. The van der Waals surface area contributed by atoms with Gasteiger partial charge in [-0.25, -0.2) is 0 Å². The Morgan fingerprint density at radius 1 is 1.40 bits per heavy atom. The van der Waals surface area contributed by atoms with E-state index in [1.807, 2.05) is 42.1 Å². The molecule has 1 aromatic carbocycles. The highest BCUT2D eigenvalue weighted by molar-refractivity contribution is 7.98. The number of nitrogens with two attached hydrogens (primary N) is 1. The molecule has 4 nitrogen and oxygen atoms in total. The van der Waals surface area contributed by atoms with Crippen LogP contribution in [0.4, 0.5) is 0 Å². The molecule has 0 bridgehead atoms. The number of fused-ring (bicyclic) bond motifs is 1. The van der Waals surface area contributed by atoms with E-state index in [9.17, 15) is 0 Å². The van der Waals surface area contributed by atoms with Gasteiger partial charge in [-0.2, -0.15) is 4.98 Å². The molecule has 3 rings (SSSR count). The van der Waals surface area contributed by atoms with E-state index >= 15 is 0 Å². The molecule has 0 amide bonds. The number of thiazole rings is 1. The lowest BCUT2D eigenvalue weighted by molar-refractivity contribution is 0.449. The summed E-state index contributed by atoms with van der Waals surface area (Å²) in [6.45, 7) is 0.574. The van der Waals surface area contributed by atoms with E-state index in [0.717, 1.165) is 27.7 Å². The highest BCUT2D eigenvalue weighted by Gasteiger charge is 2.15. The molecule has 0 aliphatic carbocycles. The van der Waals surface area contributed by atoms with Crippen molar-refractivity contribution in [3.8, 4) is 11.6 Å². The average molecular weight is 305 g/mol. The van der Waals surface area contributed by atoms with Crippen LogP contribution < -0.4 is 10.5 Å². The van der Waals surface area contributed by atoms with Gasteiger partial charge in [-0.3, -0.25) is 4.40 Å². The van der Waals surface area contributed by atoms with Crippen molar-refractivity contribution in [1.29, 1.82) is 0 Å². The number of imidazole rings is 1. The number of nitrogens with zero attached hydrogens (tertiary/aromatic N) is 2. The van der Waals surface area contributed by atoms with Gasteiger partial charge in [0.15, 0.2) is 4.96 Å². The van der Waals surface area contributed by atoms with Gasteiger partial charge >= 0.3 is 0 Å². The first-order chi connectivity index (χ1) is 9.83. The Morgan fingerprint density at radius 2 is 2.25 bits per heavy atom. The lowest BCUT2D eigenvalue weighted by atomic mass is 10.3. The minimum absolute atomic E-state index is 0.574. The Morgan fingerprint density at radius 3 is 3.05 bits per heavy atom. The SMILES string of the molecule is CSc1ccccc1Oc1nc2sccn2c1CCN. The van der Waals surface area contributed by atoms with Crippen LogP contribution in [-0.4, -0.2) is 22.2 Å². The van der Waals surface area contributed by atoms with E-state index in [4.69, 9.17) is 10.5 Å². The summed E-state index contributed by atoms with van der Waals surface area (Å²) >= 11 is 3.26. The maximum atomic E-state index is 6.03. The number of para-hydroxylation sites is 1. The molecule has 2 N–H and O–H groups in total. The average Bonchev–Trinajstić information content (AvgIpc) is 3.03. The Labute approximate surface area is 125 Å². The normalized spacial score (nSPS) is 11.1. The molecule has 0 saturated carbocycles. The second-order valence-corrected chi connectivity index (χ2v) is 5.93. The van der Waals surface area contributed by atoms with E-state index in [-0.39, 0.29) is 0 Å². The monoisotopic (exact) mass is 305 g/mol. The summed E-state index contributed by atoms with van der Waals surface area (Å²) in [5.41, 5.74) is 6.73. The first-order valence-corrected chi connectivity index (χ1v) is 8.39. The topological polar surface area (TPSA) is 52.5 Å². The summed E-state index contributed by atoms with van der Waals surface area (Å²) in [7, 11) is 0. The molecule has 0 aliphatic rings. The first-order valence-electron chi connectivity index (χ1n) is 6.29. The Bertz CT molecular complexity index is 720. The number of hydrogen-bond acceptors (Lipinski definition) is 5. The quantitative estimate of drug-likeness (QED) is 0.734. The summed E-state index contributed by atoms with van der Waals surface area (Å²) in [6.07, 6.45) is 4.79. The van der Waals surface area contributed by atoms with Crippen LogP contribution in [0.25, 0.3) is 4.96 Å². The van der Waals surface area contributed by atoms with E-state index in [0.29, 0.717) is 12.4 Å². The molecule has 0 radical (unpaired) electrons. The minimum Gasteiger partial charge on any atom is -0.436 e. The zero-order valence-corrected chi connectivity index (χ0v) is 12.7. The van der Waals surface area contributed by atoms with Gasteiger partial charge in [-0.15, -0.1) is 23.1 Å². The van der Waals surface area contributed by atoms with Gasteiger partial charge < -0.3 is 10.5 Å². The van der Waals surface area contributed by atoms with Crippen molar-refractivity contribution < 1.29 is 4.74 Å². The van der Waals surface area contributed by atoms with Crippen molar-refractivity contribution in [2.75, 3.05) is 12.8 Å². The van der Waals surface area contributed by atoms with Crippen LogP contribution in [0.15, 0.2) is 40.7 Å². The second kappa shape index (κ2) is 5.87. The number of benzene rings is 1. The zero-order chi connectivity index (χ0) is 13.9. The van der Waals surface area contributed by atoms with E-state index in [1.165, 1.54) is 0 Å². The zero-order valence-electron chi connectivity index (χ0n) is 11.1. The first kappa shape index (κ1) is 13.5. The largest absolute Gasteiger partial charge is 0.436 e. The molecule has 0 atom stereocenters. The van der Waals surface area contributed by atoms with Crippen LogP contribution in [0.1, 0.15) is 5.69 Å². The van der Waals surface area contributed by atoms with E-state index in [1.54, 1.807) is 23.1 Å². The van der Waals surface area contributed by atoms with Crippen molar-refractivity contribution in [3.63, 3.8) is 0 Å². The summed E-state index contributed by atoms with van der Waals surface area (Å²) in [5.74, 6) is 1.49. The van der Waals surface area contributed by atoms with Crippen LogP contribution >= 0.6 is 23.1 Å². The van der Waals surface area contributed by atoms with E-state index < -0.39 is 0 Å². The molecule has 0 aliphatic heterocycles. The van der Waals surface area contributed by atoms with Crippen LogP contribution in [0, 0.1) is 0 Å². The lowest BCUT2D eigenvalue weighted by Gasteiger charge is -2.08. The number of thioether (sulfide) groups is 1. The lowest BCUT2D eigenvalue weighted by Crippen LogP contribution is -2.05. The molecular formula is C14H15N3OS2. The summed E-state index contributed by atoms with van der Waals surface area (Å²) < 4.78 is 8.08. The van der Waals surface area contributed by atoms with Crippen LogP contribution in [0.5, 0.6) is 11.6 Å². The third-order valence-electron chi connectivity index (χ3n) is 2.98. The Kier molecular flexibility index (Phi) is 3.95. The van der Waals surface area contributed by atoms with Gasteiger partial charge in [0.25, 0.3) is 0 Å². The molecule has 3 aromatic rings. The third-order valence-corrected chi connectivity index (χ3v) is 4.51. The van der Waals surface area contributed by atoms with Crippen molar-refractivity contribution in [3.05, 3.63) is 41.5 Å². The summed E-state index contributed by atoms with van der Waals surface area (Å²) in [6, 6.07) is 7.98. The molecule has 0 unspecified atom stereocenters. The van der Waals surface area contributed by atoms with E-state index in [2.05, 4.69) is 9.38 Å². The molecule has 2 aromatic heterocycles. The second-order valence-electron chi connectivity index (χ2n) is 4.21. The maximum absolute atomic E-state index is 6.03. The van der Waals surface area contributed by atoms with Crippen molar-refractivity contribution in [1.82, 2.24) is 9.38 Å². The highest BCUT2D eigenvalue weighted by atomic mass is 32.2. The van der Waals surface area contributed by atoms with Gasteiger partial charge in [0, 0.05) is 22.9 Å². The van der Waals surface area contributed by atoms with Crippen LogP contribution in [0.3, 0.4) is 0 Å². The predicted molar refractivity (Wildman–Crippen MR) is 84.1 cm³/mol. The molecule has 0 saturated heterocycles. The maximum Gasteiger partial charge on any atom is 0.242 e. The molecule has 2 heterocycles. The number of rotatable bonds is 5. The summed E-state index contributed by atoms with van der Waals surface area (Å²) in [4.78, 5) is 6.59. The fraction of sp³-hybridized carbons (Fsp3) is 0.214. The smallest absolute Gasteiger partial charge is 0.242 e. The Hall–Kier alpha value is -1.50. The third kappa shape index (κ3) is 2.42. The van der Waals surface area contributed by atoms with Gasteiger partial charge in [-0.1, -0.05) is 12.1 Å². The van der Waals surface area contributed by atoms with Crippen LogP contribution in [0.2, 0.25) is 0 Å². The van der Waals surface area contributed by atoms with Gasteiger partial charge in [0.1, 0.15) is 5.75 Å². The standard InChI is InChI=1S/C14H15N3OS2/c1-19-12-5-3-2-4-11(12)18-13-10(6-7-15)17-8-9-20-14(17)16-13/h2-5,8-9H,6-7,15H2,1H3. The number of aromatic nitrogens is 2. The van der Waals surface area contributed by atoms with Crippen molar-refractivity contribution in [2.24, 2.45) is 5.73 Å². The minimum atomic E-state index is 0.574. The number of hydrogen-bond donors (Lipinski definition) is 1. The van der Waals surface area contributed by atoms with Gasteiger partial charge in [-0.05, 0) is 24.9 Å². The number of ether oxygens (including phenoxy) is 1. The predicted octanol–water partition coefficient (Wildman–Crippen LogP) is 3.41. The summed E-state index contributed by atoms with van der Waals surface area (Å²) in [5, 5.41) is 2.02. The van der Waals surface area contributed by atoms with Gasteiger partial charge in [0.05, 0.1) is 5.69 Å².